The molecule has 16 heavy (non-hydrogen) atoms. The van der Waals surface area contributed by atoms with Crippen molar-refractivity contribution in [2.45, 2.75) is 0 Å². The Bertz CT molecular complexity index is 540. The molecule has 3 nitrogen and oxygen atoms in total. The highest BCUT2D eigenvalue weighted by atomic mass is 32.1. The fourth-order valence-corrected chi connectivity index (χ4v) is 2.19. The first-order chi connectivity index (χ1) is 7.75. The van der Waals surface area contributed by atoms with Gasteiger partial charge in [0.25, 0.3) is 0 Å². The minimum atomic E-state index is 0.476. The molecule has 0 saturated carbocycles. The fourth-order valence-electron chi connectivity index (χ4n) is 1.19. The summed E-state index contributed by atoms with van der Waals surface area (Å²) in [5.41, 5.74) is 0.954. The molecule has 0 unspecified atom stereocenters. The number of nitrogens with one attached hydrogen (secondary N) is 1. The first-order valence-electron chi connectivity index (χ1n) is 4.76. The van der Waals surface area contributed by atoms with Crippen molar-refractivity contribution in [2.24, 2.45) is 12.0 Å². The smallest absolute Gasteiger partial charge is 0.199 e. The predicted molar refractivity (Wildman–Crippen MR) is 71.5 cm³/mol. The molecule has 1 heterocycles. The van der Waals surface area contributed by atoms with E-state index < -0.39 is 0 Å². The van der Waals surface area contributed by atoms with E-state index in [9.17, 15) is 0 Å². The molecule has 1 N–H and O–H groups in total. The zero-order valence-corrected chi connectivity index (χ0v) is 10.4. The predicted octanol–water partition coefficient (Wildman–Crippen LogP) is 2.38. The third kappa shape index (κ3) is 2.77. The summed E-state index contributed by atoms with van der Waals surface area (Å²) < 4.78 is 1.93. The SMILES string of the molecule is Cn1ccsc1=NC(=S)Nc1ccccc1. The van der Waals surface area contributed by atoms with Crippen LogP contribution in [0, 0.1) is 0 Å². The summed E-state index contributed by atoms with van der Waals surface area (Å²) in [5, 5.41) is 5.52. The van der Waals surface area contributed by atoms with Crippen molar-refractivity contribution in [1.29, 1.82) is 0 Å². The summed E-state index contributed by atoms with van der Waals surface area (Å²) in [6.07, 6.45) is 1.95. The molecule has 0 radical (unpaired) electrons. The van der Waals surface area contributed by atoms with Crippen molar-refractivity contribution in [1.82, 2.24) is 4.57 Å². The van der Waals surface area contributed by atoms with E-state index in [1.165, 1.54) is 0 Å². The lowest BCUT2D eigenvalue weighted by atomic mass is 10.3. The van der Waals surface area contributed by atoms with E-state index in [0.717, 1.165) is 10.5 Å². The number of thiazole rings is 1. The number of hydrogen-bond acceptors (Lipinski definition) is 2. The zero-order chi connectivity index (χ0) is 11.4. The minimum Gasteiger partial charge on any atom is -0.331 e. The van der Waals surface area contributed by atoms with Gasteiger partial charge in [0.05, 0.1) is 0 Å². The van der Waals surface area contributed by atoms with Gasteiger partial charge in [0.2, 0.25) is 0 Å². The molecular weight excluding hydrogens is 238 g/mol. The van der Waals surface area contributed by atoms with Crippen LogP contribution in [0.3, 0.4) is 0 Å². The topological polar surface area (TPSA) is 29.3 Å². The fraction of sp³-hybridized carbons (Fsp3) is 0.0909. The van der Waals surface area contributed by atoms with Crippen LogP contribution in [0.15, 0.2) is 46.9 Å². The van der Waals surface area contributed by atoms with Gasteiger partial charge in [-0.2, -0.15) is 4.99 Å². The average Bonchev–Trinajstić information content (AvgIpc) is 2.66. The van der Waals surface area contributed by atoms with E-state index in [0.29, 0.717) is 5.11 Å². The maximum absolute atomic E-state index is 5.16. The quantitative estimate of drug-likeness (QED) is 0.786. The molecule has 1 aromatic heterocycles. The van der Waals surface area contributed by atoms with Gasteiger partial charge in [-0.25, -0.2) is 0 Å². The van der Waals surface area contributed by atoms with Crippen LogP contribution >= 0.6 is 23.6 Å². The van der Waals surface area contributed by atoms with Crippen LogP contribution in [0.4, 0.5) is 5.69 Å². The van der Waals surface area contributed by atoms with E-state index in [-0.39, 0.29) is 0 Å². The van der Waals surface area contributed by atoms with Gasteiger partial charge in [-0.1, -0.05) is 18.2 Å². The van der Waals surface area contributed by atoms with E-state index in [4.69, 9.17) is 12.2 Å². The van der Waals surface area contributed by atoms with Crippen LogP contribution in [0.2, 0.25) is 0 Å². The summed E-state index contributed by atoms with van der Waals surface area (Å²) in [7, 11) is 1.94. The van der Waals surface area contributed by atoms with Gasteiger partial charge in [0.15, 0.2) is 9.91 Å². The number of thiocarbonyl (C=S) groups is 1. The number of para-hydroxylation sites is 1. The molecule has 2 rings (SSSR count). The van der Waals surface area contributed by atoms with Gasteiger partial charge in [0, 0.05) is 24.3 Å². The van der Waals surface area contributed by atoms with Gasteiger partial charge >= 0.3 is 0 Å². The molecule has 0 atom stereocenters. The first kappa shape index (κ1) is 11.0. The highest BCUT2D eigenvalue weighted by Crippen LogP contribution is 2.05. The molecule has 5 heteroatoms. The molecule has 1 aromatic carbocycles. The Hall–Kier alpha value is -1.46. The molecule has 0 fully saturated rings. The molecule has 0 bridgehead atoms. The van der Waals surface area contributed by atoms with E-state index in [1.54, 1.807) is 11.3 Å². The number of aryl methyl sites for hydroxylation is 1. The largest absolute Gasteiger partial charge is 0.331 e. The zero-order valence-electron chi connectivity index (χ0n) is 8.75. The maximum Gasteiger partial charge on any atom is 0.199 e. The Morgan fingerprint density at radius 1 is 1.38 bits per heavy atom. The number of rotatable bonds is 1. The van der Waals surface area contributed by atoms with Crippen LogP contribution in [-0.4, -0.2) is 9.68 Å². The third-order valence-corrected chi connectivity index (χ3v) is 3.02. The Balaban J connectivity index is 2.14. The van der Waals surface area contributed by atoms with Crippen LogP contribution in [-0.2, 0) is 7.05 Å². The molecule has 82 valence electrons. The summed E-state index contributed by atoms with van der Waals surface area (Å²) in [6.45, 7) is 0. The summed E-state index contributed by atoms with van der Waals surface area (Å²) in [6, 6.07) is 9.78. The number of aromatic nitrogens is 1. The average molecular weight is 249 g/mol. The van der Waals surface area contributed by atoms with Crippen LogP contribution in [0.5, 0.6) is 0 Å². The second kappa shape index (κ2) is 5.05. The number of hydrogen-bond donors (Lipinski definition) is 1. The van der Waals surface area contributed by atoms with Crippen molar-refractivity contribution in [3.05, 3.63) is 46.7 Å². The highest BCUT2D eigenvalue weighted by molar-refractivity contribution is 7.80. The second-order valence-corrected chi connectivity index (χ2v) is 4.46. The normalized spacial score (nSPS) is 11.4. The van der Waals surface area contributed by atoms with Crippen molar-refractivity contribution in [3.8, 4) is 0 Å². The maximum atomic E-state index is 5.16. The van der Waals surface area contributed by atoms with Gasteiger partial charge in [-0.05, 0) is 24.4 Å². The molecule has 0 amide bonds. The van der Waals surface area contributed by atoms with Crippen molar-refractivity contribution >= 4 is 34.4 Å². The lowest BCUT2D eigenvalue weighted by molar-refractivity contribution is 0.878. The van der Waals surface area contributed by atoms with Crippen molar-refractivity contribution in [3.63, 3.8) is 0 Å². The molecule has 0 aliphatic carbocycles. The molecule has 0 aliphatic heterocycles. The Morgan fingerprint density at radius 2 is 2.12 bits per heavy atom. The van der Waals surface area contributed by atoms with Gasteiger partial charge in [-0.3, -0.25) is 0 Å². The highest BCUT2D eigenvalue weighted by Gasteiger charge is 1.95. The number of nitrogens with zero attached hydrogens (tertiary/aromatic N) is 2. The molecular formula is C11H11N3S2. The van der Waals surface area contributed by atoms with Gasteiger partial charge in [-0.15, -0.1) is 11.3 Å². The molecule has 2 aromatic rings. The summed E-state index contributed by atoms with van der Waals surface area (Å²) in [5.74, 6) is 0. The Kier molecular flexibility index (Phi) is 3.48. The van der Waals surface area contributed by atoms with E-state index >= 15 is 0 Å². The molecule has 0 spiro atoms. The monoisotopic (exact) mass is 249 g/mol. The summed E-state index contributed by atoms with van der Waals surface area (Å²) in [4.78, 5) is 5.20. The standard InChI is InChI=1S/C11H11N3S2/c1-14-7-8-16-11(14)13-10(15)12-9-5-3-2-4-6-9/h2-8H,1H3,(H,12,15). The second-order valence-electron chi connectivity index (χ2n) is 3.20. The lowest BCUT2D eigenvalue weighted by Crippen LogP contribution is -2.15. The van der Waals surface area contributed by atoms with Crippen LogP contribution < -0.4 is 10.1 Å². The Morgan fingerprint density at radius 3 is 2.75 bits per heavy atom. The van der Waals surface area contributed by atoms with E-state index in [1.807, 2.05) is 53.5 Å². The third-order valence-electron chi connectivity index (χ3n) is 1.98. The van der Waals surface area contributed by atoms with Crippen LogP contribution in [0.25, 0.3) is 0 Å². The summed E-state index contributed by atoms with van der Waals surface area (Å²) >= 11 is 6.72. The van der Waals surface area contributed by atoms with Crippen molar-refractivity contribution < 1.29 is 0 Å². The van der Waals surface area contributed by atoms with Gasteiger partial charge < -0.3 is 9.88 Å². The van der Waals surface area contributed by atoms with Crippen molar-refractivity contribution in [2.75, 3.05) is 5.32 Å². The molecule has 0 aliphatic rings. The molecule has 0 saturated heterocycles. The lowest BCUT2D eigenvalue weighted by Gasteiger charge is -2.02. The van der Waals surface area contributed by atoms with Crippen LogP contribution in [0.1, 0.15) is 0 Å². The number of benzene rings is 1. The Labute approximate surface area is 103 Å². The minimum absolute atomic E-state index is 0.476. The van der Waals surface area contributed by atoms with E-state index in [2.05, 4.69) is 10.3 Å². The van der Waals surface area contributed by atoms with Gasteiger partial charge in [0.1, 0.15) is 0 Å². The number of anilines is 1. The first-order valence-corrected chi connectivity index (χ1v) is 6.05.